The van der Waals surface area contributed by atoms with E-state index in [4.69, 9.17) is 11.6 Å². The van der Waals surface area contributed by atoms with E-state index in [2.05, 4.69) is 11.6 Å². The number of imidazole rings is 1. The van der Waals surface area contributed by atoms with Crippen LogP contribution in [0, 0.1) is 0 Å². The van der Waals surface area contributed by atoms with Crippen molar-refractivity contribution in [3.63, 3.8) is 0 Å². The van der Waals surface area contributed by atoms with Gasteiger partial charge in [-0.25, -0.2) is 14.3 Å². The first-order valence-corrected chi connectivity index (χ1v) is 9.09. The molecule has 0 radical (unpaired) electrons. The molecule has 0 amide bonds. The first kappa shape index (κ1) is 18.0. The number of aromatic nitrogens is 4. The summed E-state index contributed by atoms with van der Waals surface area (Å²) in [5.41, 5.74) is 1.19. The highest BCUT2D eigenvalue weighted by atomic mass is 35.5. The standard InChI is InChI=1S/C21H17ClN4O2/c1-2-11-24-14-23-19-18(24)20(27)25(13-15-7-4-3-5-8-15)21(28)26(19)17-10-6-9-16(22)12-17/h2-10,12,14H,1,11,13H2. The largest absolute Gasteiger partial charge is 0.337 e. The van der Waals surface area contributed by atoms with E-state index in [0.29, 0.717) is 28.4 Å². The number of nitrogens with zero attached hydrogens (tertiary/aromatic N) is 4. The van der Waals surface area contributed by atoms with Crippen LogP contribution < -0.4 is 11.2 Å². The molecule has 140 valence electrons. The van der Waals surface area contributed by atoms with Gasteiger partial charge in [0.15, 0.2) is 11.2 Å². The van der Waals surface area contributed by atoms with Crippen LogP contribution in [0.2, 0.25) is 5.02 Å². The van der Waals surface area contributed by atoms with Gasteiger partial charge in [0, 0.05) is 11.6 Å². The van der Waals surface area contributed by atoms with Crippen molar-refractivity contribution < 1.29 is 0 Å². The molecule has 4 rings (SSSR count). The van der Waals surface area contributed by atoms with Crippen LogP contribution in [0.1, 0.15) is 5.56 Å². The summed E-state index contributed by atoms with van der Waals surface area (Å²) in [6, 6.07) is 16.3. The minimum atomic E-state index is -0.465. The van der Waals surface area contributed by atoms with Crippen LogP contribution in [-0.4, -0.2) is 18.7 Å². The molecule has 0 atom stereocenters. The second-order valence-electron chi connectivity index (χ2n) is 6.33. The van der Waals surface area contributed by atoms with Crippen molar-refractivity contribution in [1.82, 2.24) is 18.7 Å². The monoisotopic (exact) mass is 392 g/mol. The van der Waals surface area contributed by atoms with Crippen LogP contribution in [0.3, 0.4) is 0 Å². The van der Waals surface area contributed by atoms with Gasteiger partial charge in [0.25, 0.3) is 5.56 Å². The zero-order valence-electron chi connectivity index (χ0n) is 15.0. The molecule has 28 heavy (non-hydrogen) atoms. The minimum Gasteiger partial charge on any atom is -0.321 e. The van der Waals surface area contributed by atoms with Crippen molar-refractivity contribution in [3.05, 3.63) is 105 Å². The molecule has 0 spiro atoms. The van der Waals surface area contributed by atoms with Gasteiger partial charge in [-0.1, -0.05) is 54.1 Å². The Kier molecular flexibility index (Phi) is 4.71. The molecule has 0 fully saturated rings. The molecule has 4 aromatic rings. The van der Waals surface area contributed by atoms with Crippen LogP contribution in [0.5, 0.6) is 0 Å². The summed E-state index contributed by atoms with van der Waals surface area (Å²) < 4.78 is 4.33. The fraction of sp³-hybridized carbons (Fsp3) is 0.0952. The maximum absolute atomic E-state index is 13.3. The predicted octanol–water partition coefficient (Wildman–Crippen LogP) is 3.24. The van der Waals surface area contributed by atoms with Crippen molar-refractivity contribution in [1.29, 1.82) is 0 Å². The van der Waals surface area contributed by atoms with Crippen LogP contribution in [0.4, 0.5) is 0 Å². The molecule has 0 N–H and O–H groups in total. The van der Waals surface area contributed by atoms with Crippen molar-refractivity contribution in [3.8, 4) is 5.69 Å². The highest BCUT2D eigenvalue weighted by Gasteiger charge is 2.19. The summed E-state index contributed by atoms with van der Waals surface area (Å²) >= 11 is 6.13. The number of halogens is 1. The lowest BCUT2D eigenvalue weighted by Crippen LogP contribution is -2.40. The highest BCUT2D eigenvalue weighted by Crippen LogP contribution is 2.17. The summed E-state index contributed by atoms with van der Waals surface area (Å²) in [6.45, 7) is 4.30. The van der Waals surface area contributed by atoms with Crippen molar-refractivity contribution in [2.45, 2.75) is 13.1 Å². The smallest absolute Gasteiger partial charge is 0.321 e. The Labute approximate surface area is 165 Å². The Balaban J connectivity index is 2.06. The van der Waals surface area contributed by atoms with Crippen molar-refractivity contribution in [2.24, 2.45) is 0 Å². The number of hydrogen-bond donors (Lipinski definition) is 0. The van der Waals surface area contributed by atoms with Crippen LogP contribution in [0.15, 0.2) is 83.2 Å². The number of rotatable bonds is 5. The molecule has 6 nitrogen and oxygen atoms in total. The van der Waals surface area contributed by atoms with Crippen LogP contribution >= 0.6 is 11.6 Å². The molecule has 0 aliphatic carbocycles. The lowest BCUT2D eigenvalue weighted by Gasteiger charge is -2.13. The fourth-order valence-corrected chi connectivity index (χ4v) is 3.40. The van der Waals surface area contributed by atoms with Gasteiger partial charge in [0.1, 0.15) is 0 Å². The summed E-state index contributed by atoms with van der Waals surface area (Å²) in [5, 5.41) is 0.490. The lowest BCUT2D eigenvalue weighted by atomic mass is 10.2. The molecule has 0 aliphatic heterocycles. The Morgan fingerprint density at radius 2 is 1.86 bits per heavy atom. The number of fused-ring (bicyclic) bond motifs is 1. The zero-order chi connectivity index (χ0) is 19.7. The maximum atomic E-state index is 13.3. The predicted molar refractivity (Wildman–Crippen MR) is 110 cm³/mol. The number of hydrogen-bond acceptors (Lipinski definition) is 3. The number of allylic oxidation sites excluding steroid dienone is 1. The van der Waals surface area contributed by atoms with E-state index >= 15 is 0 Å². The van der Waals surface area contributed by atoms with E-state index in [1.54, 1.807) is 41.2 Å². The van der Waals surface area contributed by atoms with E-state index in [0.717, 1.165) is 5.56 Å². The summed E-state index contributed by atoms with van der Waals surface area (Å²) in [4.78, 5) is 30.8. The van der Waals surface area contributed by atoms with Gasteiger partial charge in [0.2, 0.25) is 0 Å². The minimum absolute atomic E-state index is 0.161. The molecule has 0 aliphatic rings. The molecule has 2 aromatic carbocycles. The molecule has 2 aromatic heterocycles. The molecule has 2 heterocycles. The van der Waals surface area contributed by atoms with Crippen LogP contribution in [0.25, 0.3) is 16.9 Å². The Morgan fingerprint density at radius 3 is 2.57 bits per heavy atom. The highest BCUT2D eigenvalue weighted by molar-refractivity contribution is 6.30. The summed E-state index contributed by atoms with van der Waals surface area (Å²) in [7, 11) is 0. The molecule has 7 heteroatoms. The van der Waals surface area contributed by atoms with Gasteiger partial charge < -0.3 is 4.57 Å². The second kappa shape index (κ2) is 7.32. The first-order valence-electron chi connectivity index (χ1n) is 8.71. The third-order valence-electron chi connectivity index (χ3n) is 4.48. The summed E-state index contributed by atoms with van der Waals surface area (Å²) in [5.74, 6) is 0. The first-order chi connectivity index (χ1) is 13.6. The van der Waals surface area contributed by atoms with E-state index in [9.17, 15) is 9.59 Å². The maximum Gasteiger partial charge on any atom is 0.337 e. The lowest BCUT2D eigenvalue weighted by molar-refractivity contribution is 0.678. The van der Waals surface area contributed by atoms with Gasteiger partial charge in [-0.2, -0.15) is 0 Å². The molecule has 0 saturated carbocycles. The van der Waals surface area contributed by atoms with Gasteiger partial charge in [-0.05, 0) is 23.8 Å². The van der Waals surface area contributed by atoms with Crippen molar-refractivity contribution in [2.75, 3.05) is 0 Å². The van der Waals surface area contributed by atoms with Crippen LogP contribution in [-0.2, 0) is 13.1 Å². The Morgan fingerprint density at radius 1 is 1.07 bits per heavy atom. The Bertz CT molecular complexity index is 1290. The molecule has 0 saturated heterocycles. The molecule has 0 bridgehead atoms. The van der Waals surface area contributed by atoms with E-state index in [-0.39, 0.29) is 12.1 Å². The Hall–Kier alpha value is -3.38. The second-order valence-corrected chi connectivity index (χ2v) is 6.77. The van der Waals surface area contributed by atoms with Gasteiger partial charge in [-0.15, -0.1) is 6.58 Å². The van der Waals surface area contributed by atoms with Gasteiger partial charge in [-0.3, -0.25) is 9.36 Å². The molecule has 0 unspecified atom stereocenters. The normalized spacial score (nSPS) is 11.0. The van der Waals surface area contributed by atoms with E-state index in [1.807, 2.05) is 30.3 Å². The average molecular weight is 393 g/mol. The van der Waals surface area contributed by atoms with Gasteiger partial charge >= 0.3 is 5.69 Å². The van der Waals surface area contributed by atoms with Gasteiger partial charge in [0.05, 0.1) is 18.6 Å². The molecular weight excluding hydrogens is 376 g/mol. The third kappa shape index (κ3) is 3.08. The summed E-state index contributed by atoms with van der Waals surface area (Å²) in [6.07, 6.45) is 3.22. The average Bonchev–Trinajstić information content (AvgIpc) is 3.10. The van der Waals surface area contributed by atoms with Crippen molar-refractivity contribution >= 4 is 22.8 Å². The van der Waals surface area contributed by atoms with E-state index < -0.39 is 5.69 Å². The SMILES string of the molecule is C=CCn1cnc2c1c(=O)n(Cc1ccccc1)c(=O)n2-c1cccc(Cl)c1. The van der Waals surface area contributed by atoms with E-state index in [1.165, 1.54) is 9.13 Å². The zero-order valence-corrected chi connectivity index (χ0v) is 15.7. The quantitative estimate of drug-likeness (QED) is 0.490. The third-order valence-corrected chi connectivity index (χ3v) is 4.71. The number of benzene rings is 2. The molecular formula is C21H17ClN4O2. The topological polar surface area (TPSA) is 61.8 Å². The fourth-order valence-electron chi connectivity index (χ4n) is 3.21.